The van der Waals surface area contributed by atoms with Gasteiger partial charge in [0.1, 0.15) is 18.1 Å². The Hall–Kier alpha value is -3.52. The summed E-state index contributed by atoms with van der Waals surface area (Å²) in [6.07, 6.45) is 4.92. The van der Waals surface area contributed by atoms with Crippen molar-refractivity contribution in [1.82, 2.24) is 25.5 Å². The molecule has 4 unspecified atom stereocenters. The maximum atomic E-state index is 13.1. The number of carboxylic acids is 1. The molecule has 4 atom stereocenters. The van der Waals surface area contributed by atoms with E-state index in [0.717, 1.165) is 0 Å². The van der Waals surface area contributed by atoms with Crippen LogP contribution in [-0.4, -0.2) is 86.8 Å². The number of nitrogens with one attached hydrogen (secondary N) is 3. The second kappa shape index (κ2) is 13.4. The molecule has 1 aliphatic heterocycles. The number of imidazole rings is 1. The van der Waals surface area contributed by atoms with Crippen LogP contribution in [0.15, 0.2) is 12.5 Å². The van der Waals surface area contributed by atoms with Crippen molar-refractivity contribution in [3.05, 3.63) is 18.2 Å². The lowest BCUT2D eigenvalue weighted by Crippen LogP contribution is -2.57. The number of aromatic amines is 1. The van der Waals surface area contributed by atoms with Crippen LogP contribution in [0.1, 0.15) is 44.2 Å². The maximum Gasteiger partial charge on any atom is 0.326 e. The van der Waals surface area contributed by atoms with Gasteiger partial charge in [0, 0.05) is 24.9 Å². The standard InChI is InChI=1S/C21H34N8O6/c22-6-2-1-4-14(18(31)28-15(21(34)35)9-17(24)30)27-19(32)16-5-3-7-29(16)20(33)13(23)8-12-10-25-11-26-12/h10-11,13-16H,1-9,22-23H2,(H2,24,30)(H,25,26)(H,27,32)(H,28,31)(H,34,35). The van der Waals surface area contributed by atoms with Crippen molar-refractivity contribution in [1.29, 1.82) is 0 Å². The van der Waals surface area contributed by atoms with E-state index in [4.69, 9.17) is 17.2 Å². The van der Waals surface area contributed by atoms with Gasteiger partial charge in [-0.05, 0) is 38.6 Å². The molecule has 0 radical (unpaired) electrons. The number of carbonyl (C=O) groups is 5. The molecule has 0 aliphatic carbocycles. The molecule has 35 heavy (non-hydrogen) atoms. The second-order valence-corrected chi connectivity index (χ2v) is 8.49. The molecule has 10 N–H and O–H groups in total. The average Bonchev–Trinajstić information content (AvgIpc) is 3.49. The van der Waals surface area contributed by atoms with Gasteiger partial charge in [-0.25, -0.2) is 9.78 Å². The predicted octanol–water partition coefficient (Wildman–Crippen LogP) is -2.67. The van der Waals surface area contributed by atoms with Gasteiger partial charge < -0.3 is 42.8 Å². The van der Waals surface area contributed by atoms with Gasteiger partial charge in [0.15, 0.2) is 0 Å². The van der Waals surface area contributed by atoms with Crippen LogP contribution >= 0.6 is 0 Å². The molecule has 0 spiro atoms. The van der Waals surface area contributed by atoms with Crippen LogP contribution in [0, 0.1) is 0 Å². The second-order valence-electron chi connectivity index (χ2n) is 8.49. The minimum atomic E-state index is -1.53. The molecule has 14 heteroatoms. The van der Waals surface area contributed by atoms with Crippen molar-refractivity contribution >= 4 is 29.6 Å². The van der Waals surface area contributed by atoms with E-state index in [1.165, 1.54) is 11.2 Å². The Bertz CT molecular complexity index is 892. The zero-order valence-corrected chi connectivity index (χ0v) is 19.4. The molecule has 14 nitrogen and oxygen atoms in total. The number of aromatic nitrogens is 2. The number of nitrogens with two attached hydrogens (primary N) is 3. The molecule has 194 valence electrons. The summed E-state index contributed by atoms with van der Waals surface area (Å²) in [7, 11) is 0. The number of amides is 4. The van der Waals surface area contributed by atoms with E-state index in [0.29, 0.717) is 44.5 Å². The Morgan fingerprint density at radius 3 is 2.54 bits per heavy atom. The summed E-state index contributed by atoms with van der Waals surface area (Å²) in [4.78, 5) is 69.5. The van der Waals surface area contributed by atoms with E-state index < -0.39 is 60.2 Å². The fourth-order valence-electron chi connectivity index (χ4n) is 3.94. The number of carbonyl (C=O) groups excluding carboxylic acids is 4. The number of carboxylic acid groups (broad SMARTS) is 1. The van der Waals surface area contributed by atoms with Crippen LogP contribution in [-0.2, 0) is 30.4 Å². The lowest BCUT2D eigenvalue weighted by molar-refractivity contribution is -0.144. The summed E-state index contributed by atoms with van der Waals surface area (Å²) in [5.41, 5.74) is 17.3. The SMILES string of the molecule is NCCCCC(NC(=O)C1CCCN1C(=O)C(N)Cc1cnc[nH]1)C(=O)NC(CC(N)=O)C(=O)O. The Morgan fingerprint density at radius 1 is 1.20 bits per heavy atom. The van der Waals surface area contributed by atoms with E-state index in [1.54, 1.807) is 6.20 Å². The highest BCUT2D eigenvalue weighted by Crippen LogP contribution is 2.19. The van der Waals surface area contributed by atoms with Crippen LogP contribution in [0.5, 0.6) is 0 Å². The number of hydrogen-bond acceptors (Lipinski definition) is 8. The van der Waals surface area contributed by atoms with Crippen LogP contribution in [0.25, 0.3) is 0 Å². The quantitative estimate of drug-likeness (QED) is 0.133. The lowest BCUT2D eigenvalue weighted by Gasteiger charge is -2.28. The third kappa shape index (κ3) is 8.33. The Morgan fingerprint density at radius 2 is 1.94 bits per heavy atom. The number of likely N-dealkylation sites (tertiary alicyclic amines) is 1. The van der Waals surface area contributed by atoms with E-state index in [2.05, 4.69) is 20.6 Å². The molecule has 1 aliphatic rings. The third-order valence-corrected chi connectivity index (χ3v) is 5.75. The van der Waals surface area contributed by atoms with Crippen LogP contribution in [0.2, 0.25) is 0 Å². The predicted molar refractivity (Wildman–Crippen MR) is 123 cm³/mol. The smallest absolute Gasteiger partial charge is 0.326 e. The summed E-state index contributed by atoms with van der Waals surface area (Å²) in [5.74, 6) is -4.03. The van der Waals surface area contributed by atoms with Crippen LogP contribution in [0.4, 0.5) is 0 Å². The third-order valence-electron chi connectivity index (χ3n) is 5.75. The van der Waals surface area contributed by atoms with Gasteiger partial charge in [-0.1, -0.05) is 0 Å². The summed E-state index contributed by atoms with van der Waals surface area (Å²) in [6.45, 7) is 0.720. The molecule has 0 bridgehead atoms. The summed E-state index contributed by atoms with van der Waals surface area (Å²) in [5, 5.41) is 14.2. The molecule has 1 aromatic heterocycles. The van der Waals surface area contributed by atoms with Crippen molar-refractivity contribution in [2.45, 2.75) is 69.1 Å². The number of rotatable bonds is 14. The fraction of sp³-hybridized carbons (Fsp3) is 0.619. The first-order valence-corrected chi connectivity index (χ1v) is 11.5. The maximum absolute atomic E-state index is 13.1. The lowest BCUT2D eigenvalue weighted by atomic mass is 10.1. The van der Waals surface area contributed by atoms with Gasteiger partial charge in [-0.3, -0.25) is 19.2 Å². The molecule has 4 amide bonds. The molecule has 0 aromatic carbocycles. The Balaban J connectivity index is 2.07. The topological polar surface area (TPSA) is 240 Å². The van der Waals surface area contributed by atoms with Crippen molar-refractivity contribution in [2.75, 3.05) is 13.1 Å². The molecule has 1 fully saturated rings. The minimum Gasteiger partial charge on any atom is -0.480 e. The van der Waals surface area contributed by atoms with Gasteiger partial charge in [-0.15, -0.1) is 0 Å². The van der Waals surface area contributed by atoms with Gasteiger partial charge in [0.05, 0.1) is 18.8 Å². The number of primary amides is 1. The van der Waals surface area contributed by atoms with E-state index >= 15 is 0 Å². The first kappa shape index (κ1) is 27.7. The summed E-state index contributed by atoms with van der Waals surface area (Å²) < 4.78 is 0. The molecular formula is C21H34N8O6. The highest BCUT2D eigenvalue weighted by molar-refractivity contribution is 5.95. The average molecular weight is 495 g/mol. The fourth-order valence-corrected chi connectivity index (χ4v) is 3.94. The highest BCUT2D eigenvalue weighted by atomic mass is 16.4. The number of hydrogen-bond donors (Lipinski definition) is 7. The molecule has 2 rings (SSSR count). The van der Waals surface area contributed by atoms with Gasteiger partial charge >= 0.3 is 5.97 Å². The van der Waals surface area contributed by atoms with Crippen molar-refractivity contribution in [3.8, 4) is 0 Å². The minimum absolute atomic E-state index is 0.192. The van der Waals surface area contributed by atoms with Gasteiger partial charge in [0.25, 0.3) is 0 Å². The van der Waals surface area contributed by atoms with Gasteiger partial charge in [-0.2, -0.15) is 0 Å². The zero-order valence-electron chi connectivity index (χ0n) is 19.4. The number of nitrogens with zero attached hydrogens (tertiary/aromatic N) is 2. The first-order chi connectivity index (χ1) is 16.6. The molecule has 0 saturated carbocycles. The zero-order chi connectivity index (χ0) is 26.0. The Labute approximate surface area is 202 Å². The van der Waals surface area contributed by atoms with Crippen molar-refractivity contribution in [3.63, 3.8) is 0 Å². The molecule has 1 aromatic rings. The van der Waals surface area contributed by atoms with Gasteiger partial charge in [0.2, 0.25) is 23.6 Å². The van der Waals surface area contributed by atoms with E-state index in [9.17, 15) is 29.1 Å². The molecule has 2 heterocycles. The number of aliphatic carboxylic acids is 1. The highest BCUT2D eigenvalue weighted by Gasteiger charge is 2.38. The normalized spacial score (nSPS) is 17.9. The van der Waals surface area contributed by atoms with Crippen LogP contribution < -0.4 is 27.8 Å². The van der Waals surface area contributed by atoms with Crippen molar-refractivity contribution < 1.29 is 29.1 Å². The summed E-state index contributed by atoms with van der Waals surface area (Å²) in [6, 6.07) is -4.31. The Kier molecular flexibility index (Phi) is 10.6. The number of H-pyrrole nitrogens is 1. The monoisotopic (exact) mass is 494 g/mol. The van der Waals surface area contributed by atoms with E-state index in [1.807, 2.05) is 0 Å². The molecular weight excluding hydrogens is 460 g/mol. The largest absolute Gasteiger partial charge is 0.480 e. The molecule has 1 saturated heterocycles. The van der Waals surface area contributed by atoms with E-state index in [-0.39, 0.29) is 12.8 Å². The first-order valence-electron chi connectivity index (χ1n) is 11.5. The van der Waals surface area contributed by atoms with Crippen LogP contribution in [0.3, 0.4) is 0 Å². The number of unbranched alkanes of at least 4 members (excludes halogenated alkanes) is 1. The van der Waals surface area contributed by atoms with Crippen molar-refractivity contribution in [2.24, 2.45) is 17.2 Å². The summed E-state index contributed by atoms with van der Waals surface area (Å²) >= 11 is 0.